The van der Waals surface area contributed by atoms with Crippen molar-refractivity contribution in [1.29, 1.82) is 0 Å². The molecule has 1 aliphatic heterocycles. The van der Waals surface area contributed by atoms with Gasteiger partial charge in [0, 0.05) is 19.7 Å². The monoisotopic (exact) mass is 243 g/mol. The number of carboxylic acids is 1. The van der Waals surface area contributed by atoms with Gasteiger partial charge >= 0.3 is 5.97 Å². The number of rotatable bonds is 5. The number of aliphatic carboxylic acids is 1. The minimum Gasteiger partial charge on any atom is -0.481 e. The number of carboxylic acid groups (broad SMARTS) is 1. The molecule has 3 atom stereocenters. The summed E-state index contributed by atoms with van der Waals surface area (Å²) in [5.41, 5.74) is -0.556. The topological polar surface area (TPSA) is 49.8 Å². The van der Waals surface area contributed by atoms with Crippen LogP contribution < -0.4 is 0 Å². The van der Waals surface area contributed by atoms with E-state index in [0.29, 0.717) is 13.0 Å². The Kier molecular flexibility index (Phi) is 4.95. The van der Waals surface area contributed by atoms with Crippen LogP contribution in [-0.2, 0) is 9.53 Å². The van der Waals surface area contributed by atoms with Gasteiger partial charge in [0.15, 0.2) is 0 Å². The first kappa shape index (κ1) is 14.5. The molecule has 17 heavy (non-hydrogen) atoms. The van der Waals surface area contributed by atoms with Gasteiger partial charge in [-0.15, -0.1) is 0 Å². The number of ether oxygens (including phenoxy) is 1. The van der Waals surface area contributed by atoms with E-state index in [9.17, 15) is 9.90 Å². The van der Waals surface area contributed by atoms with Gasteiger partial charge in [-0.2, -0.15) is 0 Å². The summed E-state index contributed by atoms with van der Waals surface area (Å²) in [6, 6.07) is 0.269. The summed E-state index contributed by atoms with van der Waals surface area (Å²) in [5.74, 6) is -0.651. The van der Waals surface area contributed by atoms with Crippen LogP contribution in [0, 0.1) is 5.41 Å². The minimum absolute atomic E-state index is 0.136. The average Bonchev–Trinajstić information content (AvgIpc) is 2.36. The van der Waals surface area contributed by atoms with Crippen LogP contribution in [0.25, 0.3) is 0 Å². The lowest BCUT2D eigenvalue weighted by Gasteiger charge is -2.43. The smallest absolute Gasteiger partial charge is 0.310 e. The molecule has 1 aliphatic rings. The molecule has 0 aliphatic carbocycles. The van der Waals surface area contributed by atoms with Crippen molar-refractivity contribution in [2.24, 2.45) is 5.41 Å². The van der Waals surface area contributed by atoms with Crippen molar-refractivity contribution < 1.29 is 14.6 Å². The maximum Gasteiger partial charge on any atom is 0.310 e. The Balaban J connectivity index is 2.74. The fraction of sp³-hybridized carbons (Fsp3) is 0.923. The molecule has 4 heteroatoms. The fourth-order valence-electron chi connectivity index (χ4n) is 2.62. The molecule has 0 aromatic heterocycles. The SMILES string of the molecule is CCC1(C(=O)O)CCCN(C(C)C(C)OC)C1. The van der Waals surface area contributed by atoms with E-state index in [-0.39, 0.29) is 12.1 Å². The Morgan fingerprint density at radius 2 is 2.18 bits per heavy atom. The van der Waals surface area contributed by atoms with Crippen molar-refractivity contribution >= 4 is 5.97 Å². The lowest BCUT2D eigenvalue weighted by atomic mass is 9.77. The highest BCUT2D eigenvalue weighted by molar-refractivity contribution is 5.75. The van der Waals surface area contributed by atoms with Crippen molar-refractivity contribution in [2.75, 3.05) is 20.2 Å². The Bertz CT molecular complexity index is 269. The summed E-state index contributed by atoms with van der Waals surface area (Å²) >= 11 is 0. The molecule has 4 nitrogen and oxygen atoms in total. The van der Waals surface area contributed by atoms with E-state index in [0.717, 1.165) is 19.4 Å². The molecule has 1 fully saturated rings. The molecule has 0 bridgehead atoms. The summed E-state index contributed by atoms with van der Waals surface area (Å²) in [5, 5.41) is 9.43. The Morgan fingerprint density at radius 1 is 1.53 bits per heavy atom. The van der Waals surface area contributed by atoms with E-state index in [1.165, 1.54) is 0 Å². The third-order valence-corrected chi connectivity index (χ3v) is 4.36. The van der Waals surface area contributed by atoms with E-state index >= 15 is 0 Å². The summed E-state index contributed by atoms with van der Waals surface area (Å²) in [6.07, 6.45) is 2.59. The van der Waals surface area contributed by atoms with Crippen LogP contribution in [0.1, 0.15) is 40.0 Å². The van der Waals surface area contributed by atoms with Crippen LogP contribution in [0.15, 0.2) is 0 Å². The first-order valence-corrected chi connectivity index (χ1v) is 6.47. The van der Waals surface area contributed by atoms with Gasteiger partial charge in [0.1, 0.15) is 0 Å². The summed E-state index contributed by atoms with van der Waals surface area (Å²) in [7, 11) is 1.70. The first-order valence-electron chi connectivity index (χ1n) is 6.47. The molecule has 1 heterocycles. The number of nitrogens with zero attached hydrogens (tertiary/aromatic N) is 1. The fourth-order valence-corrected chi connectivity index (χ4v) is 2.62. The van der Waals surface area contributed by atoms with Crippen molar-refractivity contribution in [2.45, 2.75) is 52.2 Å². The molecule has 0 spiro atoms. The maximum absolute atomic E-state index is 11.5. The molecule has 0 aromatic carbocycles. The predicted octanol–water partition coefficient (Wildman–Crippen LogP) is 1.99. The van der Waals surface area contributed by atoms with Gasteiger partial charge in [-0.25, -0.2) is 0 Å². The summed E-state index contributed by atoms with van der Waals surface area (Å²) < 4.78 is 5.34. The van der Waals surface area contributed by atoms with Crippen molar-refractivity contribution in [3.8, 4) is 0 Å². The lowest BCUT2D eigenvalue weighted by molar-refractivity contribution is -0.154. The number of hydrogen-bond donors (Lipinski definition) is 1. The van der Waals surface area contributed by atoms with E-state index in [4.69, 9.17) is 4.74 Å². The average molecular weight is 243 g/mol. The Hall–Kier alpha value is -0.610. The van der Waals surface area contributed by atoms with E-state index in [1.807, 2.05) is 13.8 Å². The lowest BCUT2D eigenvalue weighted by Crippen LogP contribution is -2.53. The van der Waals surface area contributed by atoms with Crippen LogP contribution in [0.2, 0.25) is 0 Å². The summed E-state index contributed by atoms with van der Waals surface area (Å²) in [4.78, 5) is 13.7. The van der Waals surface area contributed by atoms with Crippen molar-refractivity contribution in [1.82, 2.24) is 4.90 Å². The highest BCUT2D eigenvalue weighted by Gasteiger charge is 2.42. The zero-order chi connectivity index (χ0) is 13.1. The molecule has 100 valence electrons. The quantitative estimate of drug-likeness (QED) is 0.802. The van der Waals surface area contributed by atoms with Gasteiger partial charge in [-0.1, -0.05) is 6.92 Å². The number of methoxy groups -OCH3 is 1. The molecule has 0 aromatic rings. The van der Waals surface area contributed by atoms with Crippen LogP contribution in [0.4, 0.5) is 0 Å². The minimum atomic E-state index is -0.651. The third kappa shape index (κ3) is 2.99. The predicted molar refractivity (Wildman–Crippen MR) is 67.1 cm³/mol. The van der Waals surface area contributed by atoms with Gasteiger partial charge < -0.3 is 9.84 Å². The normalized spacial score (nSPS) is 29.9. The van der Waals surface area contributed by atoms with Gasteiger partial charge in [-0.05, 0) is 39.7 Å². The summed E-state index contributed by atoms with van der Waals surface area (Å²) in [6.45, 7) is 7.75. The van der Waals surface area contributed by atoms with Crippen molar-refractivity contribution in [3.63, 3.8) is 0 Å². The molecule has 1 saturated heterocycles. The molecular formula is C13H25NO3. The van der Waals surface area contributed by atoms with Crippen LogP contribution in [0.3, 0.4) is 0 Å². The second-order valence-electron chi connectivity index (χ2n) is 5.19. The zero-order valence-electron chi connectivity index (χ0n) is 11.4. The zero-order valence-corrected chi connectivity index (χ0v) is 11.4. The van der Waals surface area contributed by atoms with E-state index in [1.54, 1.807) is 7.11 Å². The molecular weight excluding hydrogens is 218 g/mol. The van der Waals surface area contributed by atoms with Crippen LogP contribution >= 0.6 is 0 Å². The largest absolute Gasteiger partial charge is 0.481 e. The second kappa shape index (κ2) is 5.83. The number of hydrogen-bond acceptors (Lipinski definition) is 3. The Morgan fingerprint density at radius 3 is 2.65 bits per heavy atom. The van der Waals surface area contributed by atoms with Crippen LogP contribution in [-0.4, -0.2) is 48.3 Å². The third-order valence-electron chi connectivity index (χ3n) is 4.36. The van der Waals surface area contributed by atoms with Gasteiger partial charge in [-0.3, -0.25) is 9.69 Å². The first-order chi connectivity index (χ1) is 7.96. The number of carbonyl (C=O) groups is 1. The molecule has 0 saturated carbocycles. The second-order valence-corrected chi connectivity index (χ2v) is 5.19. The van der Waals surface area contributed by atoms with Gasteiger partial charge in [0.25, 0.3) is 0 Å². The maximum atomic E-state index is 11.5. The highest BCUT2D eigenvalue weighted by Crippen LogP contribution is 2.34. The van der Waals surface area contributed by atoms with E-state index < -0.39 is 11.4 Å². The Labute approximate surface area is 104 Å². The molecule has 3 unspecified atom stereocenters. The van der Waals surface area contributed by atoms with E-state index in [2.05, 4.69) is 11.8 Å². The number of likely N-dealkylation sites (tertiary alicyclic amines) is 1. The molecule has 0 amide bonds. The molecule has 1 rings (SSSR count). The van der Waals surface area contributed by atoms with Crippen molar-refractivity contribution in [3.05, 3.63) is 0 Å². The molecule has 1 N–H and O–H groups in total. The van der Waals surface area contributed by atoms with Gasteiger partial charge in [0.05, 0.1) is 11.5 Å². The highest BCUT2D eigenvalue weighted by atomic mass is 16.5. The molecule has 0 radical (unpaired) electrons. The van der Waals surface area contributed by atoms with Crippen LogP contribution in [0.5, 0.6) is 0 Å². The van der Waals surface area contributed by atoms with Gasteiger partial charge in [0.2, 0.25) is 0 Å². The number of piperidine rings is 1. The standard InChI is InChI=1S/C13H25NO3/c1-5-13(12(15)16)7-6-8-14(9-13)10(2)11(3)17-4/h10-11H,5-9H2,1-4H3,(H,15,16).